The van der Waals surface area contributed by atoms with E-state index in [9.17, 15) is 9.90 Å². The fourth-order valence-electron chi connectivity index (χ4n) is 4.06. The Kier molecular flexibility index (Phi) is 6.71. The Morgan fingerprint density at radius 2 is 1.68 bits per heavy atom. The molecule has 1 aromatic carbocycles. The number of benzene rings is 1. The molecule has 2 aliphatic heterocycles. The van der Waals surface area contributed by atoms with Gasteiger partial charge in [0.05, 0.1) is 13.2 Å². The van der Waals surface area contributed by atoms with Crippen molar-refractivity contribution in [3.63, 3.8) is 0 Å². The first kappa shape index (κ1) is 21.2. The number of amides is 1. The van der Waals surface area contributed by atoms with Gasteiger partial charge in [-0.25, -0.2) is 0 Å². The lowest BCUT2D eigenvalue weighted by Gasteiger charge is -2.33. The van der Waals surface area contributed by atoms with Crippen molar-refractivity contribution >= 4 is 23.5 Å². The average Bonchev–Trinajstić information content (AvgIpc) is 2.80. The van der Waals surface area contributed by atoms with Gasteiger partial charge >= 0.3 is 0 Å². The molecule has 2 aromatic rings. The number of nitrogens with one attached hydrogen (secondary N) is 1. The van der Waals surface area contributed by atoms with Gasteiger partial charge in [-0.05, 0) is 37.0 Å². The van der Waals surface area contributed by atoms with E-state index in [4.69, 9.17) is 10.5 Å². The zero-order chi connectivity index (χ0) is 21.6. The molecule has 3 heterocycles. The highest BCUT2D eigenvalue weighted by Gasteiger charge is 2.26. The molecule has 2 saturated heterocycles. The van der Waals surface area contributed by atoms with Crippen LogP contribution in [0.15, 0.2) is 30.3 Å². The number of morpholine rings is 1. The standard InChI is InChI=1S/C22H30N6O3/c23-22-25-19(15-20(26-22)28-11-13-31-14-12-28)27-9-6-17(7-10-27)21(30)24-8-5-16-1-3-18(29)4-2-16/h1-4,15,17,29H,5-14H2,(H,24,30)(H2,23,25,26). The second-order valence-electron chi connectivity index (χ2n) is 8.01. The van der Waals surface area contributed by atoms with Gasteiger partial charge < -0.3 is 30.7 Å². The molecular formula is C22H30N6O3. The van der Waals surface area contributed by atoms with Crippen molar-refractivity contribution in [1.29, 1.82) is 0 Å². The first-order chi connectivity index (χ1) is 15.1. The van der Waals surface area contributed by atoms with E-state index in [0.29, 0.717) is 19.8 Å². The van der Waals surface area contributed by atoms with Crippen LogP contribution in [0.5, 0.6) is 5.75 Å². The fraction of sp³-hybridized carbons (Fsp3) is 0.500. The number of hydrogen-bond donors (Lipinski definition) is 3. The van der Waals surface area contributed by atoms with Crippen LogP contribution < -0.4 is 20.9 Å². The number of nitrogens with zero attached hydrogens (tertiary/aromatic N) is 4. The third-order valence-electron chi connectivity index (χ3n) is 5.89. The predicted molar refractivity (Wildman–Crippen MR) is 119 cm³/mol. The molecule has 0 aliphatic carbocycles. The van der Waals surface area contributed by atoms with Gasteiger partial charge in [0.15, 0.2) is 0 Å². The zero-order valence-electron chi connectivity index (χ0n) is 17.7. The summed E-state index contributed by atoms with van der Waals surface area (Å²) in [6.45, 7) is 5.07. The van der Waals surface area contributed by atoms with Crippen molar-refractivity contribution in [3.05, 3.63) is 35.9 Å². The predicted octanol–water partition coefficient (Wildman–Crippen LogP) is 1.18. The third-order valence-corrected chi connectivity index (χ3v) is 5.89. The summed E-state index contributed by atoms with van der Waals surface area (Å²) in [4.78, 5) is 25.7. The van der Waals surface area contributed by atoms with Gasteiger partial charge in [0, 0.05) is 44.7 Å². The number of nitrogens with two attached hydrogens (primary N) is 1. The minimum atomic E-state index is 0.00830. The number of phenols is 1. The number of piperidine rings is 1. The lowest BCUT2D eigenvalue weighted by molar-refractivity contribution is -0.125. The number of ether oxygens (including phenoxy) is 1. The number of carbonyl (C=O) groups excluding carboxylic acids is 1. The zero-order valence-corrected chi connectivity index (χ0v) is 17.7. The third kappa shape index (κ3) is 5.55. The maximum absolute atomic E-state index is 12.6. The Balaban J connectivity index is 1.27. The number of anilines is 3. The molecule has 2 fully saturated rings. The molecule has 4 N–H and O–H groups in total. The summed E-state index contributed by atoms with van der Waals surface area (Å²) in [6.07, 6.45) is 2.30. The molecule has 0 atom stereocenters. The van der Waals surface area contributed by atoms with E-state index >= 15 is 0 Å². The fourth-order valence-corrected chi connectivity index (χ4v) is 4.06. The molecule has 166 valence electrons. The average molecular weight is 427 g/mol. The number of rotatable bonds is 6. The molecule has 0 saturated carbocycles. The van der Waals surface area contributed by atoms with Crippen LogP contribution in [-0.4, -0.2) is 66.9 Å². The number of nitrogen functional groups attached to an aromatic ring is 1. The smallest absolute Gasteiger partial charge is 0.223 e. The van der Waals surface area contributed by atoms with Crippen molar-refractivity contribution in [3.8, 4) is 5.75 Å². The van der Waals surface area contributed by atoms with Crippen molar-refractivity contribution < 1.29 is 14.6 Å². The Morgan fingerprint density at radius 1 is 1.06 bits per heavy atom. The van der Waals surface area contributed by atoms with Gasteiger partial charge in [-0.1, -0.05) is 12.1 Å². The Bertz CT molecular complexity index is 877. The van der Waals surface area contributed by atoms with E-state index < -0.39 is 0 Å². The van der Waals surface area contributed by atoms with Crippen LogP contribution in [0.3, 0.4) is 0 Å². The van der Waals surface area contributed by atoms with Crippen molar-refractivity contribution in [2.75, 3.05) is 61.5 Å². The molecule has 0 radical (unpaired) electrons. The van der Waals surface area contributed by atoms with Crippen molar-refractivity contribution in [2.45, 2.75) is 19.3 Å². The summed E-state index contributed by atoms with van der Waals surface area (Å²) >= 11 is 0. The van der Waals surface area contributed by atoms with E-state index in [1.54, 1.807) is 12.1 Å². The topological polar surface area (TPSA) is 117 Å². The van der Waals surface area contributed by atoms with E-state index in [2.05, 4.69) is 25.1 Å². The summed E-state index contributed by atoms with van der Waals surface area (Å²) in [5.41, 5.74) is 7.06. The minimum Gasteiger partial charge on any atom is -0.508 e. The maximum atomic E-state index is 12.6. The van der Waals surface area contributed by atoms with Gasteiger partial charge in [0.1, 0.15) is 17.4 Å². The maximum Gasteiger partial charge on any atom is 0.223 e. The molecule has 1 aromatic heterocycles. The molecule has 0 spiro atoms. The largest absolute Gasteiger partial charge is 0.508 e. The van der Waals surface area contributed by atoms with Gasteiger partial charge in [-0.3, -0.25) is 4.79 Å². The van der Waals surface area contributed by atoms with Crippen molar-refractivity contribution in [2.24, 2.45) is 5.92 Å². The summed E-state index contributed by atoms with van der Waals surface area (Å²) < 4.78 is 5.42. The molecule has 31 heavy (non-hydrogen) atoms. The normalized spacial score (nSPS) is 17.5. The molecule has 0 unspecified atom stereocenters. The van der Waals surface area contributed by atoms with Crippen LogP contribution in [-0.2, 0) is 16.0 Å². The summed E-state index contributed by atoms with van der Waals surface area (Å²) in [5, 5.41) is 12.4. The van der Waals surface area contributed by atoms with Crippen molar-refractivity contribution in [1.82, 2.24) is 15.3 Å². The first-order valence-corrected chi connectivity index (χ1v) is 10.9. The molecular weight excluding hydrogens is 396 g/mol. The second kappa shape index (κ2) is 9.82. The van der Waals surface area contributed by atoms with E-state index in [-0.39, 0.29) is 23.5 Å². The highest BCUT2D eigenvalue weighted by molar-refractivity contribution is 5.79. The SMILES string of the molecule is Nc1nc(N2CCOCC2)cc(N2CCC(C(=O)NCCc3ccc(O)cc3)CC2)n1. The molecule has 9 heteroatoms. The monoisotopic (exact) mass is 426 g/mol. The van der Waals surface area contributed by atoms with Crippen LogP contribution in [0.1, 0.15) is 18.4 Å². The molecule has 2 aliphatic rings. The second-order valence-corrected chi connectivity index (χ2v) is 8.01. The number of aromatic nitrogens is 2. The highest BCUT2D eigenvalue weighted by atomic mass is 16.5. The lowest BCUT2D eigenvalue weighted by atomic mass is 9.96. The number of carbonyl (C=O) groups is 1. The van der Waals surface area contributed by atoms with E-state index in [0.717, 1.165) is 62.6 Å². The Morgan fingerprint density at radius 3 is 2.32 bits per heavy atom. The van der Waals surface area contributed by atoms with Gasteiger partial charge in [-0.15, -0.1) is 0 Å². The lowest BCUT2D eigenvalue weighted by Crippen LogP contribution is -2.41. The number of hydrogen-bond acceptors (Lipinski definition) is 8. The molecule has 0 bridgehead atoms. The first-order valence-electron chi connectivity index (χ1n) is 10.9. The van der Waals surface area contributed by atoms with Crippen LogP contribution in [0.2, 0.25) is 0 Å². The van der Waals surface area contributed by atoms with E-state index in [1.165, 1.54) is 0 Å². The van der Waals surface area contributed by atoms with Gasteiger partial charge in [0.2, 0.25) is 11.9 Å². The quantitative estimate of drug-likeness (QED) is 0.630. The number of phenolic OH excluding ortho intramolecular Hbond substituents is 1. The van der Waals surface area contributed by atoms with Crippen LogP contribution >= 0.6 is 0 Å². The Labute approximate surface area is 182 Å². The molecule has 4 rings (SSSR count). The summed E-state index contributed by atoms with van der Waals surface area (Å²) in [6, 6.07) is 9.06. The van der Waals surface area contributed by atoms with Crippen LogP contribution in [0.25, 0.3) is 0 Å². The summed E-state index contributed by atoms with van der Waals surface area (Å²) in [5.74, 6) is 2.29. The summed E-state index contributed by atoms with van der Waals surface area (Å²) in [7, 11) is 0. The molecule has 1 amide bonds. The van der Waals surface area contributed by atoms with Crippen LogP contribution in [0.4, 0.5) is 17.6 Å². The van der Waals surface area contributed by atoms with Crippen LogP contribution in [0, 0.1) is 5.92 Å². The molecule has 9 nitrogen and oxygen atoms in total. The minimum absolute atomic E-state index is 0.00830. The Hall–Kier alpha value is -3.07. The van der Waals surface area contributed by atoms with E-state index in [1.807, 2.05) is 18.2 Å². The van der Waals surface area contributed by atoms with Gasteiger partial charge in [0.25, 0.3) is 0 Å². The van der Waals surface area contributed by atoms with Gasteiger partial charge in [-0.2, -0.15) is 9.97 Å². The number of aromatic hydroxyl groups is 1. The highest BCUT2D eigenvalue weighted by Crippen LogP contribution is 2.26.